The minimum absolute atomic E-state index is 0.156. The van der Waals surface area contributed by atoms with E-state index in [9.17, 15) is 17.6 Å². The molecular weight excluding hydrogens is 427 g/mol. The molecule has 3 aromatic rings. The number of hydrogen-bond donors (Lipinski definition) is 2. The summed E-state index contributed by atoms with van der Waals surface area (Å²) in [6.07, 6.45) is 1.10. The van der Waals surface area contributed by atoms with E-state index in [0.29, 0.717) is 18.5 Å². The topological polar surface area (TPSA) is 75.3 Å². The van der Waals surface area contributed by atoms with Crippen LogP contribution in [0, 0.1) is 19.7 Å². The van der Waals surface area contributed by atoms with Gasteiger partial charge in [0.1, 0.15) is 5.82 Å². The van der Waals surface area contributed by atoms with Crippen molar-refractivity contribution in [3.05, 3.63) is 94.8 Å². The molecule has 0 bridgehead atoms. The predicted molar refractivity (Wildman–Crippen MR) is 125 cm³/mol. The molecule has 0 heterocycles. The first-order chi connectivity index (χ1) is 15.2. The summed E-state index contributed by atoms with van der Waals surface area (Å²) in [5.74, 6) is -1.50. The number of carbonyl (C=O) groups is 1. The zero-order valence-electron chi connectivity index (χ0n) is 18.4. The van der Waals surface area contributed by atoms with Crippen molar-refractivity contribution in [2.24, 2.45) is 0 Å². The van der Waals surface area contributed by atoms with Gasteiger partial charge in [0, 0.05) is 11.7 Å². The zero-order chi connectivity index (χ0) is 23.3. The van der Waals surface area contributed by atoms with Crippen molar-refractivity contribution in [1.29, 1.82) is 0 Å². The number of benzene rings is 3. The Morgan fingerprint density at radius 1 is 0.969 bits per heavy atom. The Kier molecular flexibility index (Phi) is 7.43. The highest BCUT2D eigenvalue weighted by Crippen LogP contribution is 2.20. The smallest absolute Gasteiger partial charge is 0.258 e. The summed E-state index contributed by atoms with van der Waals surface area (Å²) < 4.78 is 43.0. The highest BCUT2D eigenvalue weighted by molar-refractivity contribution is 7.89. The monoisotopic (exact) mass is 454 g/mol. The number of hydrogen-bond acceptors (Lipinski definition) is 3. The van der Waals surface area contributed by atoms with E-state index >= 15 is 0 Å². The summed E-state index contributed by atoms with van der Waals surface area (Å²) >= 11 is 0. The Morgan fingerprint density at radius 3 is 2.25 bits per heavy atom. The molecule has 3 rings (SSSR count). The number of carbonyl (C=O) groups excluding carboxylic acids is 1. The summed E-state index contributed by atoms with van der Waals surface area (Å²) in [6, 6.07) is 18.0. The van der Waals surface area contributed by atoms with Crippen LogP contribution in [0.25, 0.3) is 0 Å². The summed E-state index contributed by atoms with van der Waals surface area (Å²) in [5, 5.41) is 2.65. The number of nitrogens with one attached hydrogen (secondary N) is 2. The largest absolute Gasteiger partial charge is 0.322 e. The van der Waals surface area contributed by atoms with Gasteiger partial charge in [-0.05, 0) is 73.7 Å². The second-order valence-corrected chi connectivity index (χ2v) is 9.60. The minimum Gasteiger partial charge on any atom is -0.322 e. The normalized spacial score (nSPS) is 12.4. The molecule has 0 saturated heterocycles. The predicted octanol–water partition coefficient (Wildman–Crippen LogP) is 4.99. The Bertz CT molecular complexity index is 1190. The fraction of sp³-hybridized carbons (Fsp3) is 0.240. The van der Waals surface area contributed by atoms with Gasteiger partial charge in [-0.3, -0.25) is 4.79 Å². The Labute approximate surface area is 188 Å². The highest BCUT2D eigenvalue weighted by atomic mass is 32.2. The van der Waals surface area contributed by atoms with Crippen molar-refractivity contribution in [3.8, 4) is 0 Å². The van der Waals surface area contributed by atoms with Gasteiger partial charge in [0.25, 0.3) is 5.91 Å². The van der Waals surface area contributed by atoms with Gasteiger partial charge in [-0.15, -0.1) is 0 Å². The van der Waals surface area contributed by atoms with Gasteiger partial charge >= 0.3 is 0 Å². The molecule has 1 atom stereocenters. The fourth-order valence-electron chi connectivity index (χ4n) is 3.55. The molecule has 0 aromatic heterocycles. The molecule has 0 aliphatic heterocycles. The van der Waals surface area contributed by atoms with Gasteiger partial charge in [0.15, 0.2) is 0 Å². The molecule has 1 amide bonds. The van der Waals surface area contributed by atoms with Crippen LogP contribution in [-0.2, 0) is 16.4 Å². The molecule has 5 nitrogen and oxygen atoms in total. The highest BCUT2D eigenvalue weighted by Gasteiger charge is 2.22. The molecule has 0 saturated carbocycles. The lowest BCUT2D eigenvalue weighted by Crippen LogP contribution is -2.36. The third-order valence-corrected chi connectivity index (χ3v) is 6.63. The van der Waals surface area contributed by atoms with Crippen LogP contribution in [0.15, 0.2) is 71.6 Å². The lowest BCUT2D eigenvalue weighted by Gasteiger charge is -2.18. The number of rotatable bonds is 8. The standard InChI is InChI=1S/C25H27FN2O3S/c1-4-20(15-19-8-6-5-7-9-19)28-32(30,31)22-10-11-24(26)23(16-22)25(29)27-21-13-17(2)12-18(3)14-21/h5-14,16,20,28H,4,15H2,1-3H3,(H,27,29)/t20-/m1/s1. The van der Waals surface area contributed by atoms with Crippen LogP contribution >= 0.6 is 0 Å². The molecular formula is C25H27FN2O3S. The molecule has 3 aromatic carbocycles. The molecule has 7 heteroatoms. The number of amides is 1. The van der Waals surface area contributed by atoms with Crippen molar-refractivity contribution in [2.75, 3.05) is 5.32 Å². The van der Waals surface area contributed by atoms with Gasteiger partial charge in [0.05, 0.1) is 10.5 Å². The van der Waals surface area contributed by atoms with Gasteiger partial charge in [-0.2, -0.15) is 0 Å². The van der Waals surface area contributed by atoms with Gasteiger partial charge in [-0.25, -0.2) is 17.5 Å². The maximum Gasteiger partial charge on any atom is 0.258 e. The SMILES string of the molecule is CC[C@H](Cc1ccccc1)NS(=O)(=O)c1ccc(F)c(C(=O)Nc2cc(C)cc(C)c2)c1. The fourth-order valence-corrected chi connectivity index (χ4v) is 4.89. The first-order valence-electron chi connectivity index (χ1n) is 10.4. The average Bonchev–Trinajstić information content (AvgIpc) is 2.73. The van der Waals surface area contributed by atoms with Gasteiger partial charge in [-0.1, -0.05) is 43.3 Å². The van der Waals surface area contributed by atoms with Crippen molar-refractivity contribution in [3.63, 3.8) is 0 Å². The van der Waals surface area contributed by atoms with Crippen LogP contribution in [0.2, 0.25) is 0 Å². The molecule has 0 radical (unpaired) electrons. The van der Waals surface area contributed by atoms with Crippen LogP contribution in [-0.4, -0.2) is 20.4 Å². The van der Waals surface area contributed by atoms with E-state index in [1.165, 1.54) is 6.07 Å². The summed E-state index contributed by atoms with van der Waals surface area (Å²) in [5.41, 5.74) is 3.10. The molecule has 0 aliphatic rings. The first-order valence-corrected chi connectivity index (χ1v) is 11.9. The van der Waals surface area contributed by atoms with E-state index in [4.69, 9.17) is 0 Å². The van der Waals surface area contributed by atoms with E-state index in [1.807, 2.05) is 57.2 Å². The zero-order valence-corrected chi connectivity index (χ0v) is 19.2. The second-order valence-electron chi connectivity index (χ2n) is 7.89. The van der Waals surface area contributed by atoms with Gasteiger partial charge in [0.2, 0.25) is 10.0 Å². The summed E-state index contributed by atoms with van der Waals surface area (Å²) in [6.45, 7) is 5.67. The van der Waals surface area contributed by atoms with E-state index in [1.54, 1.807) is 12.1 Å². The Hall–Kier alpha value is -3.03. The molecule has 0 spiro atoms. The van der Waals surface area contributed by atoms with Crippen LogP contribution in [0.3, 0.4) is 0 Å². The van der Waals surface area contributed by atoms with E-state index in [0.717, 1.165) is 28.8 Å². The molecule has 2 N–H and O–H groups in total. The number of halogens is 1. The molecule has 168 valence electrons. The van der Waals surface area contributed by atoms with Crippen LogP contribution in [0.5, 0.6) is 0 Å². The first kappa shape index (κ1) is 23.6. The molecule has 32 heavy (non-hydrogen) atoms. The van der Waals surface area contributed by atoms with Crippen LogP contribution in [0.4, 0.5) is 10.1 Å². The second kappa shape index (κ2) is 10.1. The number of anilines is 1. The number of sulfonamides is 1. The van der Waals surface area contributed by atoms with Crippen LogP contribution in [0.1, 0.15) is 40.4 Å². The number of aryl methyl sites for hydroxylation is 2. The molecule has 0 fully saturated rings. The van der Waals surface area contributed by atoms with Crippen molar-refractivity contribution >= 4 is 21.6 Å². The summed E-state index contributed by atoms with van der Waals surface area (Å²) in [4.78, 5) is 12.5. The van der Waals surface area contributed by atoms with Crippen LogP contribution < -0.4 is 10.0 Å². The van der Waals surface area contributed by atoms with E-state index < -0.39 is 21.7 Å². The summed E-state index contributed by atoms with van der Waals surface area (Å²) in [7, 11) is -3.95. The Balaban J connectivity index is 1.81. The minimum atomic E-state index is -3.95. The van der Waals surface area contributed by atoms with Gasteiger partial charge < -0.3 is 5.32 Å². The maximum absolute atomic E-state index is 14.4. The average molecular weight is 455 g/mol. The maximum atomic E-state index is 14.4. The molecule has 0 unspecified atom stereocenters. The lowest BCUT2D eigenvalue weighted by molar-refractivity contribution is 0.102. The Morgan fingerprint density at radius 2 is 1.62 bits per heavy atom. The quantitative estimate of drug-likeness (QED) is 0.503. The van der Waals surface area contributed by atoms with E-state index in [2.05, 4.69) is 10.0 Å². The lowest BCUT2D eigenvalue weighted by atomic mass is 10.1. The third-order valence-electron chi connectivity index (χ3n) is 5.11. The van der Waals surface area contributed by atoms with E-state index in [-0.39, 0.29) is 16.5 Å². The molecule has 0 aliphatic carbocycles. The van der Waals surface area contributed by atoms with Crippen molar-refractivity contribution in [1.82, 2.24) is 4.72 Å². The van der Waals surface area contributed by atoms with Crippen molar-refractivity contribution < 1.29 is 17.6 Å². The third kappa shape index (κ3) is 6.02. The van der Waals surface area contributed by atoms with Crippen molar-refractivity contribution in [2.45, 2.75) is 44.6 Å².